The lowest BCUT2D eigenvalue weighted by Gasteiger charge is -2.18. The van der Waals surface area contributed by atoms with Crippen LogP contribution >= 0.6 is 11.6 Å². The number of methoxy groups -OCH3 is 1. The molecule has 2 aromatic carbocycles. The first-order valence-electron chi connectivity index (χ1n) is 10.2. The van der Waals surface area contributed by atoms with Crippen LogP contribution in [0.4, 0.5) is 0 Å². The third kappa shape index (κ3) is 4.44. The average Bonchev–Trinajstić information content (AvgIpc) is 3.33. The summed E-state index contributed by atoms with van der Waals surface area (Å²) in [5, 5.41) is 1.14. The number of hydrogen-bond donors (Lipinski definition) is 0. The van der Waals surface area contributed by atoms with Gasteiger partial charge in [0.1, 0.15) is 22.4 Å². The molecule has 0 unspecified atom stereocenters. The predicted octanol–water partition coefficient (Wildman–Crippen LogP) is 4.35. The number of ether oxygens (including phenoxy) is 2. The minimum Gasteiger partial charge on any atom is -0.495 e. The van der Waals surface area contributed by atoms with Crippen LogP contribution < -0.4 is 4.74 Å². The predicted molar refractivity (Wildman–Crippen MR) is 122 cm³/mol. The largest absolute Gasteiger partial charge is 0.495 e. The van der Waals surface area contributed by atoms with Crippen molar-refractivity contribution in [1.29, 1.82) is 0 Å². The summed E-state index contributed by atoms with van der Waals surface area (Å²) in [5.74, 6) is -0.476. The van der Waals surface area contributed by atoms with Crippen molar-refractivity contribution in [1.82, 2.24) is 9.29 Å². The second-order valence-corrected chi connectivity index (χ2v) is 9.95. The summed E-state index contributed by atoms with van der Waals surface area (Å²) < 4.78 is 38.1. The summed E-state index contributed by atoms with van der Waals surface area (Å²) in [6, 6.07) is 11.9. The molecule has 7 nitrogen and oxygen atoms in total. The van der Waals surface area contributed by atoms with Gasteiger partial charge in [0.15, 0.2) is 0 Å². The number of rotatable bonds is 6. The molecule has 0 atom stereocenters. The lowest BCUT2D eigenvalue weighted by atomic mass is 10.1. The number of carbonyl (C=O) groups excluding carboxylic acids is 1. The van der Waals surface area contributed by atoms with Crippen LogP contribution in [0.2, 0.25) is 5.15 Å². The van der Waals surface area contributed by atoms with Gasteiger partial charge in [0.25, 0.3) is 0 Å². The third-order valence-electron chi connectivity index (χ3n) is 5.44. The lowest BCUT2D eigenvalue weighted by Crippen LogP contribution is -2.28. The molecule has 168 valence electrons. The van der Waals surface area contributed by atoms with Gasteiger partial charge in [-0.2, -0.15) is 4.31 Å². The van der Waals surface area contributed by atoms with Crippen molar-refractivity contribution in [2.45, 2.75) is 31.3 Å². The van der Waals surface area contributed by atoms with Gasteiger partial charge in [-0.1, -0.05) is 23.7 Å². The van der Waals surface area contributed by atoms with Gasteiger partial charge in [-0.3, -0.25) is 0 Å². The Hall–Kier alpha value is -2.68. The van der Waals surface area contributed by atoms with E-state index in [0.29, 0.717) is 18.7 Å². The van der Waals surface area contributed by atoms with Crippen molar-refractivity contribution in [3.05, 3.63) is 64.3 Å². The minimum atomic E-state index is -3.77. The van der Waals surface area contributed by atoms with Crippen molar-refractivity contribution in [3.63, 3.8) is 0 Å². The SMILES string of the molecule is COc1ccc(C(=O)OCc2cc3ccc(C)cc3nc2Cl)cc1S(=O)(=O)N1CCCC1. The van der Waals surface area contributed by atoms with Gasteiger partial charge >= 0.3 is 5.97 Å². The van der Waals surface area contributed by atoms with Crippen molar-refractivity contribution in [2.24, 2.45) is 0 Å². The Balaban J connectivity index is 1.57. The lowest BCUT2D eigenvalue weighted by molar-refractivity contribution is 0.0472. The number of nitrogens with zero attached hydrogens (tertiary/aromatic N) is 2. The zero-order valence-corrected chi connectivity index (χ0v) is 19.4. The Kier molecular flexibility index (Phi) is 6.37. The number of sulfonamides is 1. The summed E-state index contributed by atoms with van der Waals surface area (Å²) in [6.07, 6.45) is 1.62. The van der Waals surface area contributed by atoms with Gasteiger partial charge < -0.3 is 9.47 Å². The molecule has 1 aliphatic heterocycles. The van der Waals surface area contributed by atoms with E-state index in [9.17, 15) is 13.2 Å². The van der Waals surface area contributed by atoms with Crippen molar-refractivity contribution < 1.29 is 22.7 Å². The van der Waals surface area contributed by atoms with Crippen LogP contribution in [0.3, 0.4) is 0 Å². The molecule has 0 N–H and O–H groups in total. The molecule has 4 rings (SSSR count). The van der Waals surface area contributed by atoms with Crippen LogP contribution in [0.1, 0.15) is 34.3 Å². The van der Waals surface area contributed by atoms with Crippen LogP contribution in [0.5, 0.6) is 5.75 Å². The highest BCUT2D eigenvalue weighted by atomic mass is 35.5. The summed E-state index contributed by atoms with van der Waals surface area (Å²) in [5.41, 5.74) is 2.51. The summed E-state index contributed by atoms with van der Waals surface area (Å²) in [4.78, 5) is 17.0. The molecule has 2 heterocycles. The normalized spacial score (nSPS) is 14.6. The van der Waals surface area contributed by atoms with Gasteiger partial charge in [0.05, 0.1) is 18.2 Å². The Morgan fingerprint density at radius 1 is 1.12 bits per heavy atom. The highest BCUT2D eigenvalue weighted by Gasteiger charge is 2.31. The fourth-order valence-corrected chi connectivity index (χ4v) is 5.60. The smallest absolute Gasteiger partial charge is 0.338 e. The zero-order chi connectivity index (χ0) is 22.9. The van der Waals surface area contributed by atoms with Crippen LogP contribution in [-0.4, -0.2) is 43.9 Å². The number of esters is 1. The van der Waals surface area contributed by atoms with Gasteiger partial charge in [0, 0.05) is 24.0 Å². The van der Waals surface area contributed by atoms with Crippen molar-refractivity contribution in [3.8, 4) is 5.75 Å². The average molecular weight is 475 g/mol. The number of hydrogen-bond acceptors (Lipinski definition) is 6. The monoisotopic (exact) mass is 474 g/mol. The number of halogens is 1. The Labute approximate surface area is 192 Å². The highest BCUT2D eigenvalue weighted by Crippen LogP contribution is 2.30. The molecule has 0 bridgehead atoms. The van der Waals surface area contributed by atoms with Gasteiger partial charge in [-0.25, -0.2) is 18.2 Å². The molecule has 0 spiro atoms. The molecule has 0 amide bonds. The van der Waals surface area contributed by atoms with E-state index in [0.717, 1.165) is 29.3 Å². The number of pyridine rings is 1. The fraction of sp³-hybridized carbons (Fsp3) is 0.304. The van der Waals surface area contributed by atoms with Crippen molar-refractivity contribution in [2.75, 3.05) is 20.2 Å². The maximum absolute atomic E-state index is 13.0. The topological polar surface area (TPSA) is 85.8 Å². The number of carbonyl (C=O) groups is 1. The van der Waals surface area contributed by atoms with Crippen LogP contribution in [0.25, 0.3) is 10.9 Å². The first-order chi connectivity index (χ1) is 15.3. The first kappa shape index (κ1) is 22.5. The number of aryl methyl sites for hydroxylation is 1. The number of aromatic nitrogens is 1. The van der Waals surface area contributed by atoms with E-state index in [1.165, 1.54) is 29.6 Å². The van der Waals surface area contributed by atoms with E-state index in [2.05, 4.69) is 4.98 Å². The van der Waals surface area contributed by atoms with Crippen LogP contribution in [0, 0.1) is 6.92 Å². The van der Waals surface area contributed by atoms with E-state index in [1.54, 1.807) is 0 Å². The quantitative estimate of drug-likeness (QED) is 0.390. The molecule has 0 radical (unpaired) electrons. The molecule has 0 saturated carbocycles. The molecule has 32 heavy (non-hydrogen) atoms. The molecule has 9 heteroatoms. The standard InChI is InChI=1S/C23H23ClN2O5S/c1-15-5-6-16-12-18(22(24)25-19(16)11-15)14-31-23(27)17-7-8-20(30-2)21(13-17)32(28,29)26-9-3-4-10-26/h5-8,11-13H,3-4,9-10,14H2,1-2H3. The van der Waals surface area contributed by atoms with Crippen molar-refractivity contribution >= 4 is 38.5 Å². The van der Waals surface area contributed by atoms with E-state index in [4.69, 9.17) is 21.1 Å². The molecular formula is C23H23ClN2O5S. The maximum Gasteiger partial charge on any atom is 0.338 e. The summed E-state index contributed by atoms with van der Waals surface area (Å²) in [7, 11) is -2.37. The molecule has 1 fully saturated rings. The van der Waals surface area contributed by atoms with E-state index in [-0.39, 0.29) is 28.0 Å². The zero-order valence-electron chi connectivity index (χ0n) is 17.8. The summed E-state index contributed by atoms with van der Waals surface area (Å²) >= 11 is 6.28. The first-order valence-corrected chi connectivity index (χ1v) is 12.0. The molecule has 1 saturated heterocycles. The Morgan fingerprint density at radius 2 is 1.88 bits per heavy atom. The van der Waals surface area contributed by atoms with E-state index >= 15 is 0 Å². The second kappa shape index (κ2) is 9.05. The summed E-state index contributed by atoms with van der Waals surface area (Å²) in [6.45, 7) is 2.78. The van der Waals surface area contributed by atoms with Gasteiger partial charge in [-0.15, -0.1) is 0 Å². The minimum absolute atomic E-state index is 0.0443. The highest BCUT2D eigenvalue weighted by molar-refractivity contribution is 7.89. The number of fused-ring (bicyclic) bond motifs is 1. The molecule has 1 aromatic heterocycles. The molecule has 0 aliphatic carbocycles. The molecule has 1 aliphatic rings. The van der Waals surface area contributed by atoms with Crippen LogP contribution in [-0.2, 0) is 21.4 Å². The Morgan fingerprint density at radius 3 is 2.59 bits per heavy atom. The third-order valence-corrected chi connectivity index (χ3v) is 7.69. The fourth-order valence-electron chi connectivity index (χ4n) is 3.70. The molecular weight excluding hydrogens is 452 g/mol. The Bertz CT molecular complexity index is 1290. The molecule has 3 aromatic rings. The second-order valence-electron chi connectivity index (χ2n) is 7.69. The van der Waals surface area contributed by atoms with E-state index in [1.807, 2.05) is 31.2 Å². The maximum atomic E-state index is 13.0. The van der Waals surface area contributed by atoms with E-state index < -0.39 is 16.0 Å². The van der Waals surface area contributed by atoms with Crippen LogP contribution in [0.15, 0.2) is 47.4 Å². The van der Waals surface area contributed by atoms with Gasteiger partial charge in [0.2, 0.25) is 10.0 Å². The number of benzene rings is 2. The van der Waals surface area contributed by atoms with Gasteiger partial charge in [-0.05, 0) is 55.7 Å².